The summed E-state index contributed by atoms with van der Waals surface area (Å²) in [6.07, 6.45) is 0.530. The van der Waals surface area contributed by atoms with Crippen LogP contribution in [0.1, 0.15) is 30.0 Å². The highest BCUT2D eigenvalue weighted by molar-refractivity contribution is 5.59. The maximum Gasteiger partial charge on any atom is 0.413 e. The lowest BCUT2D eigenvalue weighted by molar-refractivity contribution is -0.0968. The van der Waals surface area contributed by atoms with Crippen molar-refractivity contribution in [3.8, 4) is 0 Å². The maximum absolute atomic E-state index is 14.7. The van der Waals surface area contributed by atoms with Crippen LogP contribution in [0.15, 0.2) is 42.5 Å². The van der Waals surface area contributed by atoms with Crippen molar-refractivity contribution in [3.63, 3.8) is 0 Å². The standard InChI is InChI=1S/C24H34F4N6/c1-15(24(26,27)28)23-17-6-3-7-20(32-21-9-12-34(2)14-19(21)25)18(17)13-16(31-23)5-4-10-29-22-8-11-30-33-22/h3-7,16,19,21-23,29-33H,1,8-14H2,2H3/b5-4+/t16?,19-,21+,22?,23?/m0/s1. The highest BCUT2D eigenvalue weighted by atomic mass is 19.4. The minimum Gasteiger partial charge on any atom is -0.379 e. The summed E-state index contributed by atoms with van der Waals surface area (Å²) in [5.74, 6) is 0. The molecule has 2 saturated heterocycles. The van der Waals surface area contributed by atoms with Gasteiger partial charge in [-0.05, 0) is 43.5 Å². The Balaban J connectivity index is 1.54. The molecular weight excluding hydrogens is 448 g/mol. The predicted octanol–water partition coefficient (Wildman–Crippen LogP) is 2.78. The first-order valence-corrected chi connectivity index (χ1v) is 11.8. The molecule has 0 spiro atoms. The van der Waals surface area contributed by atoms with Gasteiger partial charge in [-0.2, -0.15) is 13.2 Å². The van der Waals surface area contributed by atoms with E-state index >= 15 is 0 Å². The van der Waals surface area contributed by atoms with E-state index in [1.165, 1.54) is 0 Å². The third kappa shape index (κ3) is 5.98. The number of alkyl halides is 4. The quantitative estimate of drug-likeness (QED) is 0.304. The van der Waals surface area contributed by atoms with Crippen LogP contribution in [0.25, 0.3) is 0 Å². The van der Waals surface area contributed by atoms with Gasteiger partial charge in [0.05, 0.1) is 18.2 Å². The number of anilines is 1. The number of hydrogen-bond acceptors (Lipinski definition) is 6. The van der Waals surface area contributed by atoms with E-state index in [1.54, 1.807) is 12.1 Å². The van der Waals surface area contributed by atoms with Crippen molar-refractivity contribution < 1.29 is 17.6 Å². The highest BCUT2D eigenvalue weighted by Gasteiger charge is 2.41. The van der Waals surface area contributed by atoms with Crippen LogP contribution >= 0.6 is 0 Å². The van der Waals surface area contributed by atoms with Crippen LogP contribution in [-0.4, -0.2) is 68.7 Å². The second kappa shape index (κ2) is 10.7. The first-order chi connectivity index (χ1) is 16.2. The average molecular weight is 483 g/mol. The van der Waals surface area contributed by atoms with Gasteiger partial charge in [-0.1, -0.05) is 30.9 Å². The number of piperidine rings is 1. The second-order valence-corrected chi connectivity index (χ2v) is 9.37. The van der Waals surface area contributed by atoms with Crippen molar-refractivity contribution in [1.29, 1.82) is 0 Å². The Kier molecular flexibility index (Phi) is 7.94. The molecule has 10 heteroatoms. The molecule has 2 fully saturated rings. The Morgan fingerprint density at radius 2 is 2.12 bits per heavy atom. The van der Waals surface area contributed by atoms with Crippen molar-refractivity contribution >= 4 is 5.69 Å². The number of hydrogen-bond donors (Lipinski definition) is 5. The van der Waals surface area contributed by atoms with E-state index in [1.807, 2.05) is 30.2 Å². The molecule has 0 saturated carbocycles. The Hall–Kier alpha value is -1.98. The lowest BCUT2D eigenvalue weighted by atomic mass is 9.85. The van der Waals surface area contributed by atoms with Gasteiger partial charge in [-0.3, -0.25) is 16.1 Å². The molecule has 3 aliphatic heterocycles. The van der Waals surface area contributed by atoms with Crippen LogP contribution in [0.4, 0.5) is 23.2 Å². The summed E-state index contributed by atoms with van der Waals surface area (Å²) in [5.41, 5.74) is 7.36. The minimum absolute atomic E-state index is 0.168. The van der Waals surface area contributed by atoms with Crippen LogP contribution in [0.2, 0.25) is 0 Å². The SMILES string of the molecule is C=C(C1NC(/C=C/CNC2CCNN2)Cc2c(N[C@@H]3CCN(C)C[C@@H]3F)cccc21)C(F)(F)F. The molecule has 0 bridgehead atoms. The number of benzene rings is 1. The van der Waals surface area contributed by atoms with Gasteiger partial charge >= 0.3 is 6.18 Å². The normalized spacial score (nSPS) is 30.4. The number of rotatable bonds is 7. The molecule has 5 N–H and O–H groups in total. The predicted molar refractivity (Wildman–Crippen MR) is 126 cm³/mol. The number of fused-ring (bicyclic) bond motifs is 1. The van der Waals surface area contributed by atoms with Crippen LogP contribution in [0.5, 0.6) is 0 Å². The largest absolute Gasteiger partial charge is 0.413 e. The lowest BCUT2D eigenvalue weighted by Gasteiger charge is -2.37. The molecule has 1 aromatic rings. The van der Waals surface area contributed by atoms with Gasteiger partial charge in [0.25, 0.3) is 0 Å². The summed E-state index contributed by atoms with van der Waals surface area (Å²) in [6.45, 7) is 5.96. The van der Waals surface area contributed by atoms with E-state index < -0.39 is 24.0 Å². The average Bonchev–Trinajstić information content (AvgIpc) is 3.31. The van der Waals surface area contributed by atoms with E-state index in [0.717, 1.165) is 25.1 Å². The number of nitrogens with zero attached hydrogens (tertiary/aromatic N) is 1. The van der Waals surface area contributed by atoms with Gasteiger partial charge in [0.15, 0.2) is 0 Å². The minimum atomic E-state index is -4.52. The molecule has 3 heterocycles. The lowest BCUT2D eigenvalue weighted by Crippen LogP contribution is -2.47. The molecule has 3 unspecified atom stereocenters. The first kappa shape index (κ1) is 25.1. The Morgan fingerprint density at radius 1 is 1.29 bits per heavy atom. The van der Waals surface area contributed by atoms with E-state index in [4.69, 9.17) is 0 Å². The maximum atomic E-state index is 14.7. The summed E-state index contributed by atoms with van der Waals surface area (Å²) >= 11 is 0. The van der Waals surface area contributed by atoms with Gasteiger partial charge in [-0.15, -0.1) is 0 Å². The summed E-state index contributed by atoms with van der Waals surface area (Å²) in [6, 6.07) is 3.53. The van der Waals surface area contributed by atoms with Crippen molar-refractivity contribution in [1.82, 2.24) is 26.4 Å². The fourth-order valence-electron chi connectivity index (χ4n) is 4.90. The second-order valence-electron chi connectivity index (χ2n) is 9.37. The van der Waals surface area contributed by atoms with E-state index in [9.17, 15) is 17.6 Å². The fourth-order valence-corrected chi connectivity index (χ4v) is 4.90. The van der Waals surface area contributed by atoms with Crippen molar-refractivity contribution in [3.05, 3.63) is 53.6 Å². The van der Waals surface area contributed by atoms with E-state index in [0.29, 0.717) is 37.2 Å². The van der Waals surface area contributed by atoms with Crippen LogP contribution in [0.3, 0.4) is 0 Å². The zero-order valence-electron chi connectivity index (χ0n) is 19.4. The molecule has 0 radical (unpaired) electrons. The van der Waals surface area contributed by atoms with Crippen molar-refractivity contribution in [2.75, 3.05) is 38.5 Å². The third-order valence-corrected chi connectivity index (χ3v) is 6.81. The summed E-state index contributed by atoms with van der Waals surface area (Å²) in [5, 5.41) is 9.76. The monoisotopic (exact) mass is 482 g/mol. The van der Waals surface area contributed by atoms with Crippen LogP contribution in [0, 0.1) is 0 Å². The molecular formula is C24H34F4N6. The fraction of sp³-hybridized carbons (Fsp3) is 0.583. The number of halogens is 4. The molecule has 6 nitrogen and oxygen atoms in total. The zero-order chi connectivity index (χ0) is 24.3. The topological polar surface area (TPSA) is 63.4 Å². The van der Waals surface area contributed by atoms with Crippen LogP contribution in [-0.2, 0) is 6.42 Å². The smallest absolute Gasteiger partial charge is 0.379 e. The van der Waals surface area contributed by atoms with E-state index in [2.05, 4.69) is 33.4 Å². The Bertz CT molecular complexity index is 883. The zero-order valence-corrected chi connectivity index (χ0v) is 19.4. The van der Waals surface area contributed by atoms with Gasteiger partial charge in [0.2, 0.25) is 0 Å². The first-order valence-electron chi connectivity index (χ1n) is 11.8. The van der Waals surface area contributed by atoms with Crippen molar-refractivity contribution in [2.24, 2.45) is 0 Å². The molecule has 0 aromatic heterocycles. The number of nitrogens with one attached hydrogen (secondary N) is 5. The molecule has 1 aromatic carbocycles. The molecule has 4 rings (SSSR count). The molecule has 34 heavy (non-hydrogen) atoms. The number of likely N-dealkylation sites (tertiary alicyclic amines) is 1. The highest BCUT2D eigenvalue weighted by Crippen LogP contribution is 2.40. The Morgan fingerprint density at radius 3 is 2.82 bits per heavy atom. The van der Waals surface area contributed by atoms with E-state index in [-0.39, 0.29) is 18.2 Å². The third-order valence-electron chi connectivity index (χ3n) is 6.81. The summed E-state index contributed by atoms with van der Waals surface area (Å²) < 4.78 is 55.6. The van der Waals surface area contributed by atoms with Crippen molar-refractivity contribution in [2.45, 2.75) is 55.9 Å². The Labute approximate surface area is 198 Å². The molecule has 0 aliphatic carbocycles. The van der Waals surface area contributed by atoms with Crippen LogP contribution < -0.4 is 26.8 Å². The molecule has 5 atom stereocenters. The molecule has 188 valence electrons. The van der Waals surface area contributed by atoms with Gasteiger partial charge in [0, 0.05) is 43.5 Å². The van der Waals surface area contributed by atoms with Gasteiger partial charge < -0.3 is 10.2 Å². The van der Waals surface area contributed by atoms with Gasteiger partial charge in [-0.25, -0.2) is 9.82 Å². The number of hydrazine groups is 1. The molecule has 0 amide bonds. The molecule has 3 aliphatic rings. The van der Waals surface area contributed by atoms with Gasteiger partial charge in [0.1, 0.15) is 6.17 Å². The summed E-state index contributed by atoms with van der Waals surface area (Å²) in [4.78, 5) is 1.95. The summed E-state index contributed by atoms with van der Waals surface area (Å²) in [7, 11) is 1.89.